The highest BCUT2D eigenvalue weighted by Crippen LogP contribution is 2.10. The van der Waals surface area contributed by atoms with E-state index in [4.69, 9.17) is 0 Å². The molecule has 0 aromatic heterocycles. The van der Waals surface area contributed by atoms with Crippen LogP contribution in [0.15, 0.2) is 28.7 Å². The number of halogens is 1. The summed E-state index contributed by atoms with van der Waals surface area (Å²) in [5.41, 5.74) is 0.942. The molecule has 0 fully saturated rings. The van der Waals surface area contributed by atoms with E-state index < -0.39 is 15.3 Å². The summed E-state index contributed by atoms with van der Waals surface area (Å²) in [5.74, 6) is 0. The first-order chi connectivity index (χ1) is 8.45. The molecule has 1 aromatic carbocycles. The van der Waals surface area contributed by atoms with E-state index in [0.717, 1.165) is 16.6 Å². The minimum Gasteiger partial charge on any atom is -0.316 e. The SMILES string of the molecule is CCNCC(C)S(=O)(=O)NCc1ccc(Br)cc1. The lowest BCUT2D eigenvalue weighted by Crippen LogP contribution is -2.38. The van der Waals surface area contributed by atoms with Gasteiger partial charge in [0, 0.05) is 17.6 Å². The fraction of sp³-hybridized carbons (Fsp3) is 0.500. The molecule has 4 nitrogen and oxygen atoms in total. The molecule has 2 N–H and O–H groups in total. The lowest BCUT2D eigenvalue weighted by Gasteiger charge is -2.14. The smallest absolute Gasteiger partial charge is 0.215 e. The quantitative estimate of drug-likeness (QED) is 0.800. The summed E-state index contributed by atoms with van der Waals surface area (Å²) in [6.45, 7) is 5.21. The Bertz CT molecular complexity index is 459. The van der Waals surface area contributed by atoms with E-state index in [2.05, 4.69) is 26.0 Å². The van der Waals surface area contributed by atoms with Crippen LogP contribution in [-0.4, -0.2) is 26.8 Å². The maximum absolute atomic E-state index is 11.9. The molecule has 18 heavy (non-hydrogen) atoms. The van der Waals surface area contributed by atoms with Crippen LogP contribution in [0.3, 0.4) is 0 Å². The summed E-state index contributed by atoms with van der Waals surface area (Å²) in [5, 5.41) is 2.60. The lowest BCUT2D eigenvalue weighted by atomic mass is 10.2. The Hall–Kier alpha value is -0.430. The van der Waals surface area contributed by atoms with Crippen molar-refractivity contribution in [2.75, 3.05) is 13.1 Å². The third kappa shape index (κ3) is 5.06. The van der Waals surface area contributed by atoms with Crippen LogP contribution in [-0.2, 0) is 16.6 Å². The van der Waals surface area contributed by atoms with Gasteiger partial charge < -0.3 is 5.32 Å². The molecule has 0 spiro atoms. The van der Waals surface area contributed by atoms with Gasteiger partial charge in [-0.1, -0.05) is 35.0 Å². The predicted octanol–water partition coefficient (Wildman–Crippen LogP) is 1.87. The van der Waals surface area contributed by atoms with Gasteiger partial charge in [0.1, 0.15) is 0 Å². The largest absolute Gasteiger partial charge is 0.316 e. The third-order valence-corrected chi connectivity index (χ3v) is 4.90. The van der Waals surface area contributed by atoms with Crippen molar-refractivity contribution < 1.29 is 8.42 Å². The summed E-state index contributed by atoms with van der Waals surface area (Å²) >= 11 is 3.34. The van der Waals surface area contributed by atoms with Crippen LogP contribution in [0.4, 0.5) is 0 Å². The standard InChI is InChI=1S/C12H19BrN2O2S/c1-3-14-8-10(2)18(16,17)15-9-11-4-6-12(13)7-5-11/h4-7,10,14-15H,3,8-9H2,1-2H3. The first-order valence-corrected chi connectivity index (χ1v) is 8.23. The minimum atomic E-state index is -3.27. The summed E-state index contributed by atoms with van der Waals surface area (Å²) in [4.78, 5) is 0. The zero-order valence-corrected chi connectivity index (χ0v) is 13.0. The summed E-state index contributed by atoms with van der Waals surface area (Å²) in [6.07, 6.45) is 0. The predicted molar refractivity (Wildman–Crippen MR) is 77.9 cm³/mol. The van der Waals surface area contributed by atoms with Crippen molar-refractivity contribution in [2.45, 2.75) is 25.6 Å². The minimum absolute atomic E-state index is 0.325. The summed E-state index contributed by atoms with van der Waals surface area (Å²) < 4.78 is 27.4. The van der Waals surface area contributed by atoms with E-state index in [-0.39, 0.29) is 0 Å². The highest BCUT2D eigenvalue weighted by atomic mass is 79.9. The number of nitrogens with one attached hydrogen (secondary N) is 2. The number of sulfonamides is 1. The topological polar surface area (TPSA) is 58.2 Å². The molecular weight excluding hydrogens is 316 g/mol. The highest BCUT2D eigenvalue weighted by molar-refractivity contribution is 9.10. The van der Waals surface area contributed by atoms with Crippen LogP contribution in [0.25, 0.3) is 0 Å². The third-order valence-electron chi connectivity index (χ3n) is 2.60. The van der Waals surface area contributed by atoms with Crippen LogP contribution >= 0.6 is 15.9 Å². The Morgan fingerprint density at radius 2 is 1.89 bits per heavy atom. The number of hydrogen-bond acceptors (Lipinski definition) is 3. The van der Waals surface area contributed by atoms with Gasteiger partial charge >= 0.3 is 0 Å². The van der Waals surface area contributed by atoms with Gasteiger partial charge in [0.25, 0.3) is 0 Å². The van der Waals surface area contributed by atoms with Crippen molar-refractivity contribution in [3.8, 4) is 0 Å². The Morgan fingerprint density at radius 1 is 1.28 bits per heavy atom. The molecule has 1 unspecified atom stereocenters. The molecule has 0 aliphatic heterocycles. The molecule has 1 rings (SSSR count). The second-order valence-electron chi connectivity index (χ2n) is 4.11. The van der Waals surface area contributed by atoms with Gasteiger partial charge in [0.05, 0.1) is 5.25 Å². The monoisotopic (exact) mass is 334 g/mol. The average molecular weight is 335 g/mol. The second-order valence-corrected chi connectivity index (χ2v) is 7.21. The molecule has 1 atom stereocenters. The van der Waals surface area contributed by atoms with Crippen LogP contribution in [0, 0.1) is 0 Å². The van der Waals surface area contributed by atoms with Gasteiger partial charge in [-0.2, -0.15) is 0 Å². The highest BCUT2D eigenvalue weighted by Gasteiger charge is 2.19. The Kier molecular flexibility index (Phi) is 6.28. The zero-order valence-electron chi connectivity index (χ0n) is 10.6. The molecule has 1 aromatic rings. The Balaban J connectivity index is 2.53. The second kappa shape index (κ2) is 7.23. The Morgan fingerprint density at radius 3 is 2.44 bits per heavy atom. The summed E-state index contributed by atoms with van der Waals surface area (Å²) in [7, 11) is -3.27. The van der Waals surface area contributed by atoms with E-state index in [0.29, 0.717) is 13.1 Å². The molecule has 0 saturated carbocycles. The normalized spacial score (nSPS) is 13.5. The molecule has 102 valence electrons. The van der Waals surface area contributed by atoms with Crippen molar-refractivity contribution in [2.24, 2.45) is 0 Å². The summed E-state index contributed by atoms with van der Waals surface area (Å²) in [6, 6.07) is 7.57. The molecule has 0 radical (unpaired) electrons. The van der Waals surface area contributed by atoms with Crippen LogP contribution in [0.1, 0.15) is 19.4 Å². The van der Waals surface area contributed by atoms with Gasteiger partial charge in [-0.15, -0.1) is 0 Å². The van der Waals surface area contributed by atoms with Crippen molar-refractivity contribution in [3.05, 3.63) is 34.3 Å². The van der Waals surface area contributed by atoms with Crippen molar-refractivity contribution in [3.63, 3.8) is 0 Å². The van der Waals surface area contributed by atoms with E-state index in [1.807, 2.05) is 31.2 Å². The van der Waals surface area contributed by atoms with Gasteiger partial charge in [-0.3, -0.25) is 0 Å². The molecule has 0 heterocycles. The zero-order chi connectivity index (χ0) is 13.6. The van der Waals surface area contributed by atoms with Crippen LogP contribution in [0.5, 0.6) is 0 Å². The average Bonchev–Trinajstić information content (AvgIpc) is 2.35. The number of rotatable bonds is 7. The molecular formula is C12H19BrN2O2S. The molecule has 0 saturated heterocycles. The van der Waals surface area contributed by atoms with E-state index in [1.165, 1.54) is 0 Å². The van der Waals surface area contributed by atoms with Gasteiger partial charge in [-0.05, 0) is 31.2 Å². The van der Waals surface area contributed by atoms with Gasteiger partial charge in [0.2, 0.25) is 10.0 Å². The van der Waals surface area contributed by atoms with Crippen molar-refractivity contribution in [1.29, 1.82) is 0 Å². The Labute approximate surface area is 117 Å². The molecule has 6 heteroatoms. The van der Waals surface area contributed by atoms with Crippen molar-refractivity contribution in [1.82, 2.24) is 10.0 Å². The molecule has 0 aliphatic carbocycles. The first kappa shape index (κ1) is 15.6. The van der Waals surface area contributed by atoms with E-state index in [1.54, 1.807) is 6.92 Å². The first-order valence-electron chi connectivity index (χ1n) is 5.89. The lowest BCUT2D eigenvalue weighted by molar-refractivity contribution is 0.560. The van der Waals surface area contributed by atoms with Crippen LogP contribution < -0.4 is 10.0 Å². The molecule has 0 bridgehead atoms. The van der Waals surface area contributed by atoms with Gasteiger partial charge in [-0.25, -0.2) is 13.1 Å². The van der Waals surface area contributed by atoms with E-state index >= 15 is 0 Å². The van der Waals surface area contributed by atoms with Gasteiger partial charge in [0.15, 0.2) is 0 Å². The fourth-order valence-corrected chi connectivity index (χ4v) is 2.64. The van der Waals surface area contributed by atoms with Crippen LogP contribution in [0.2, 0.25) is 0 Å². The molecule has 0 amide bonds. The number of hydrogen-bond donors (Lipinski definition) is 2. The molecule has 0 aliphatic rings. The van der Waals surface area contributed by atoms with E-state index in [9.17, 15) is 8.42 Å². The maximum Gasteiger partial charge on any atom is 0.215 e. The maximum atomic E-state index is 11.9. The number of benzene rings is 1. The fourth-order valence-electron chi connectivity index (χ4n) is 1.39. The van der Waals surface area contributed by atoms with Crippen molar-refractivity contribution >= 4 is 26.0 Å².